The molecule has 3 rings (SSSR count). The molecule has 0 saturated carbocycles. The zero-order valence-electron chi connectivity index (χ0n) is 20.0. The van der Waals surface area contributed by atoms with Gasteiger partial charge in [0.15, 0.2) is 0 Å². The molecule has 33 heavy (non-hydrogen) atoms. The maximum Gasteiger partial charge on any atom is 0.253 e. The number of benzene rings is 1. The molecule has 0 aliphatic carbocycles. The molecule has 2 amide bonds. The number of carbonyl (C=O) groups is 2. The first-order chi connectivity index (χ1) is 15.5. The average Bonchev–Trinajstić information content (AvgIpc) is 2.78. The number of piperidine rings is 2. The number of hydrogen-bond donors (Lipinski definition) is 1. The Hall–Kier alpha value is -1.64. The Morgan fingerprint density at radius 3 is 2.36 bits per heavy atom. The lowest BCUT2D eigenvalue weighted by Gasteiger charge is -2.32. The number of likely N-dealkylation sites (tertiary alicyclic amines) is 1. The molecule has 9 heteroatoms. The fourth-order valence-corrected chi connectivity index (χ4v) is 6.47. The van der Waals surface area contributed by atoms with Crippen molar-refractivity contribution in [1.82, 2.24) is 14.5 Å². The van der Waals surface area contributed by atoms with Gasteiger partial charge in [-0.3, -0.25) is 9.59 Å². The van der Waals surface area contributed by atoms with E-state index >= 15 is 0 Å². The number of nitrogens with zero attached hydrogens (tertiary/aromatic N) is 2. The molecular formula is C24H36ClN3O4S. The number of nitrogens with one attached hydrogen (secondary N) is 1. The lowest BCUT2D eigenvalue weighted by Crippen LogP contribution is -2.45. The fourth-order valence-electron chi connectivity index (χ4n) is 4.37. The Labute approximate surface area is 202 Å². The van der Waals surface area contributed by atoms with E-state index in [1.807, 2.05) is 13.8 Å². The van der Waals surface area contributed by atoms with Crippen LogP contribution in [0.3, 0.4) is 0 Å². The van der Waals surface area contributed by atoms with Crippen LogP contribution in [-0.2, 0) is 14.8 Å². The minimum absolute atomic E-state index is 0.0129. The average molecular weight is 498 g/mol. The summed E-state index contributed by atoms with van der Waals surface area (Å²) in [5, 5.41) is 3.19. The Morgan fingerprint density at radius 1 is 1.09 bits per heavy atom. The summed E-state index contributed by atoms with van der Waals surface area (Å²) in [6.07, 6.45) is 3.00. The molecule has 2 saturated heterocycles. The minimum Gasteiger partial charge on any atom is -0.353 e. The fraction of sp³-hybridized carbons (Fsp3) is 0.667. The topological polar surface area (TPSA) is 86.8 Å². The van der Waals surface area contributed by atoms with E-state index < -0.39 is 10.0 Å². The van der Waals surface area contributed by atoms with Crippen LogP contribution in [0.2, 0.25) is 5.02 Å². The minimum atomic E-state index is -3.77. The first kappa shape index (κ1) is 26.0. The first-order valence-electron chi connectivity index (χ1n) is 11.9. The SMILES string of the molecule is CC1CCCN(S(=O)(=O)c2cc(C(=O)N3CCC(C(=O)NC(C)C(C)C)CC3)ccc2Cl)C1. The lowest BCUT2D eigenvalue weighted by atomic mass is 9.94. The van der Waals surface area contributed by atoms with Gasteiger partial charge in [-0.2, -0.15) is 4.31 Å². The summed E-state index contributed by atoms with van der Waals surface area (Å²) in [5.41, 5.74) is 0.305. The smallest absolute Gasteiger partial charge is 0.253 e. The molecule has 0 radical (unpaired) electrons. The van der Waals surface area contributed by atoms with Gasteiger partial charge in [-0.1, -0.05) is 32.4 Å². The largest absolute Gasteiger partial charge is 0.353 e. The third-order valence-corrected chi connectivity index (χ3v) is 9.29. The van der Waals surface area contributed by atoms with E-state index in [2.05, 4.69) is 19.2 Å². The van der Waals surface area contributed by atoms with Crippen LogP contribution in [0.25, 0.3) is 0 Å². The van der Waals surface area contributed by atoms with E-state index in [9.17, 15) is 18.0 Å². The van der Waals surface area contributed by atoms with Gasteiger partial charge in [-0.15, -0.1) is 0 Å². The van der Waals surface area contributed by atoms with E-state index in [-0.39, 0.29) is 33.7 Å². The van der Waals surface area contributed by atoms with Crippen molar-refractivity contribution >= 4 is 33.4 Å². The highest BCUT2D eigenvalue weighted by atomic mass is 35.5. The van der Waals surface area contributed by atoms with Crippen molar-refractivity contribution in [1.29, 1.82) is 0 Å². The number of rotatable bonds is 6. The highest BCUT2D eigenvalue weighted by Crippen LogP contribution is 2.30. The number of amides is 2. The van der Waals surface area contributed by atoms with Crippen LogP contribution in [0.1, 0.15) is 63.7 Å². The Bertz CT molecular complexity index is 974. The molecule has 2 unspecified atom stereocenters. The van der Waals surface area contributed by atoms with E-state index in [1.54, 1.807) is 11.0 Å². The van der Waals surface area contributed by atoms with Gasteiger partial charge in [0, 0.05) is 43.7 Å². The van der Waals surface area contributed by atoms with Crippen molar-refractivity contribution in [2.75, 3.05) is 26.2 Å². The van der Waals surface area contributed by atoms with Crippen LogP contribution >= 0.6 is 11.6 Å². The quantitative estimate of drug-likeness (QED) is 0.648. The highest BCUT2D eigenvalue weighted by molar-refractivity contribution is 7.89. The predicted molar refractivity (Wildman–Crippen MR) is 130 cm³/mol. The summed E-state index contributed by atoms with van der Waals surface area (Å²) in [6.45, 7) is 10.0. The molecule has 184 valence electrons. The standard InChI is InChI=1S/C24H36ClN3O4S/c1-16(2)18(4)26-23(29)19-9-12-27(13-10-19)24(30)20-7-8-21(25)22(14-20)33(31,32)28-11-5-6-17(3)15-28/h7-8,14,16-19H,5-6,9-13,15H2,1-4H3,(H,26,29). The number of halogens is 1. The molecule has 7 nitrogen and oxygen atoms in total. The number of hydrogen-bond acceptors (Lipinski definition) is 4. The molecule has 1 aromatic carbocycles. The Morgan fingerprint density at radius 2 is 1.76 bits per heavy atom. The van der Waals surface area contributed by atoms with Gasteiger partial charge in [0.25, 0.3) is 5.91 Å². The molecule has 2 heterocycles. The molecule has 1 N–H and O–H groups in total. The second-order valence-electron chi connectivity index (χ2n) is 9.86. The van der Waals surface area contributed by atoms with Crippen LogP contribution < -0.4 is 5.32 Å². The Balaban J connectivity index is 1.69. The molecule has 2 atom stereocenters. The van der Waals surface area contributed by atoms with E-state index in [4.69, 9.17) is 11.6 Å². The van der Waals surface area contributed by atoms with Crippen LogP contribution in [0.15, 0.2) is 23.1 Å². The van der Waals surface area contributed by atoms with Gasteiger partial charge in [0.05, 0.1) is 5.02 Å². The molecule has 1 aromatic rings. The van der Waals surface area contributed by atoms with Crippen LogP contribution in [0.5, 0.6) is 0 Å². The molecule has 0 aromatic heterocycles. The molecular weight excluding hydrogens is 462 g/mol. The maximum atomic E-state index is 13.2. The molecule has 2 aliphatic heterocycles. The Kier molecular flexibility index (Phi) is 8.45. The summed E-state index contributed by atoms with van der Waals surface area (Å²) in [7, 11) is -3.77. The maximum absolute atomic E-state index is 13.2. The van der Waals surface area contributed by atoms with Gasteiger partial charge >= 0.3 is 0 Å². The predicted octanol–water partition coefficient (Wildman–Crippen LogP) is 3.77. The van der Waals surface area contributed by atoms with Crippen LogP contribution in [0, 0.1) is 17.8 Å². The second-order valence-corrected chi connectivity index (χ2v) is 12.2. The summed E-state index contributed by atoms with van der Waals surface area (Å²) < 4.78 is 27.9. The van der Waals surface area contributed by atoms with Crippen molar-refractivity contribution in [2.45, 2.75) is 64.3 Å². The van der Waals surface area contributed by atoms with Crippen molar-refractivity contribution in [3.05, 3.63) is 28.8 Å². The third kappa shape index (κ3) is 6.08. The van der Waals surface area contributed by atoms with Gasteiger partial charge in [0.1, 0.15) is 4.90 Å². The summed E-state index contributed by atoms with van der Waals surface area (Å²) in [5.74, 6) is 0.347. The van der Waals surface area contributed by atoms with Gasteiger partial charge in [-0.05, 0) is 62.6 Å². The van der Waals surface area contributed by atoms with Crippen molar-refractivity contribution in [3.8, 4) is 0 Å². The van der Waals surface area contributed by atoms with Crippen molar-refractivity contribution in [2.24, 2.45) is 17.8 Å². The zero-order valence-corrected chi connectivity index (χ0v) is 21.6. The second kappa shape index (κ2) is 10.7. The van der Waals surface area contributed by atoms with E-state index in [1.165, 1.54) is 16.4 Å². The molecule has 2 aliphatic rings. The first-order valence-corrected chi connectivity index (χ1v) is 13.7. The van der Waals surface area contributed by atoms with Gasteiger partial charge in [0.2, 0.25) is 15.9 Å². The number of carbonyl (C=O) groups excluding carboxylic acids is 2. The summed E-state index contributed by atoms with van der Waals surface area (Å²) >= 11 is 6.27. The van der Waals surface area contributed by atoms with Gasteiger partial charge < -0.3 is 10.2 Å². The highest BCUT2D eigenvalue weighted by Gasteiger charge is 2.32. The zero-order chi connectivity index (χ0) is 24.3. The molecule has 0 bridgehead atoms. The third-order valence-electron chi connectivity index (χ3n) is 6.94. The van der Waals surface area contributed by atoms with E-state index in [0.29, 0.717) is 56.4 Å². The van der Waals surface area contributed by atoms with Crippen molar-refractivity contribution < 1.29 is 18.0 Å². The van der Waals surface area contributed by atoms with E-state index in [0.717, 1.165) is 12.8 Å². The van der Waals surface area contributed by atoms with Crippen LogP contribution in [-0.4, -0.2) is 61.7 Å². The molecule has 2 fully saturated rings. The normalized spacial score (nSPS) is 21.8. The summed E-state index contributed by atoms with van der Waals surface area (Å²) in [4.78, 5) is 27.3. The monoisotopic (exact) mass is 497 g/mol. The van der Waals surface area contributed by atoms with Crippen LogP contribution in [0.4, 0.5) is 0 Å². The van der Waals surface area contributed by atoms with Gasteiger partial charge in [-0.25, -0.2) is 8.42 Å². The molecule has 0 spiro atoms. The summed E-state index contributed by atoms with van der Waals surface area (Å²) in [6, 6.07) is 4.57. The van der Waals surface area contributed by atoms with Crippen molar-refractivity contribution in [3.63, 3.8) is 0 Å². The lowest BCUT2D eigenvalue weighted by molar-refractivity contribution is -0.127. The number of sulfonamides is 1.